The smallest absolute Gasteiger partial charge is 0.189 e. The zero-order valence-electron chi connectivity index (χ0n) is 9.26. The van der Waals surface area contributed by atoms with Crippen LogP contribution >= 0.6 is 24.0 Å². The van der Waals surface area contributed by atoms with Crippen molar-refractivity contribution in [2.75, 3.05) is 6.54 Å². The third-order valence-corrected chi connectivity index (χ3v) is 1.81. The number of nitrogens with zero attached hydrogens (tertiary/aromatic N) is 4. The molecule has 1 aromatic rings. The van der Waals surface area contributed by atoms with Gasteiger partial charge in [-0.2, -0.15) is 5.10 Å². The minimum absolute atomic E-state index is 0. The van der Waals surface area contributed by atoms with Gasteiger partial charge in [-0.1, -0.05) is 6.08 Å². The lowest BCUT2D eigenvalue weighted by Crippen LogP contribution is -2.31. The van der Waals surface area contributed by atoms with Gasteiger partial charge in [0.2, 0.25) is 0 Å². The van der Waals surface area contributed by atoms with Crippen LogP contribution in [0.25, 0.3) is 0 Å². The van der Waals surface area contributed by atoms with Crippen molar-refractivity contribution >= 4 is 29.9 Å². The molecule has 0 aliphatic heterocycles. The molecular formula is C9H17IN6. The largest absolute Gasteiger partial charge is 0.370 e. The molecule has 0 radical (unpaired) electrons. The first-order chi connectivity index (χ1) is 7.27. The van der Waals surface area contributed by atoms with Gasteiger partial charge in [-0.25, -0.2) is 14.7 Å². The lowest BCUT2D eigenvalue weighted by Gasteiger charge is -2.02. The normalized spacial score (nSPS) is 10.7. The molecule has 1 rings (SSSR count). The Hall–Kier alpha value is -1.12. The molecule has 0 aromatic carbocycles. The second-order valence-electron chi connectivity index (χ2n) is 2.86. The predicted octanol–water partition coefficient (Wildman–Crippen LogP) is 0.506. The fourth-order valence-corrected chi connectivity index (χ4v) is 1.06. The van der Waals surface area contributed by atoms with Crippen molar-refractivity contribution in [1.82, 2.24) is 20.1 Å². The Morgan fingerprint density at radius 1 is 1.75 bits per heavy atom. The number of rotatable bonds is 5. The summed E-state index contributed by atoms with van der Waals surface area (Å²) in [5, 5.41) is 6.92. The van der Waals surface area contributed by atoms with Crippen molar-refractivity contribution in [3.8, 4) is 0 Å². The summed E-state index contributed by atoms with van der Waals surface area (Å²) < 4.78 is 1.78. The third-order valence-electron chi connectivity index (χ3n) is 1.81. The van der Waals surface area contributed by atoms with Gasteiger partial charge in [0, 0.05) is 13.1 Å². The average Bonchev–Trinajstić information content (AvgIpc) is 2.70. The molecule has 0 spiro atoms. The van der Waals surface area contributed by atoms with Crippen LogP contribution in [-0.4, -0.2) is 27.3 Å². The summed E-state index contributed by atoms with van der Waals surface area (Å²) in [4.78, 5) is 8.21. The van der Waals surface area contributed by atoms with E-state index in [-0.39, 0.29) is 24.0 Å². The summed E-state index contributed by atoms with van der Waals surface area (Å²) in [7, 11) is 0. The SMILES string of the molecule is C=CCNC(N)=NCc1ncnn1CC.I. The molecule has 16 heavy (non-hydrogen) atoms. The number of guanidine groups is 1. The van der Waals surface area contributed by atoms with Gasteiger partial charge in [-0.3, -0.25) is 0 Å². The highest BCUT2D eigenvalue weighted by atomic mass is 127. The maximum absolute atomic E-state index is 5.60. The van der Waals surface area contributed by atoms with Gasteiger partial charge in [0.1, 0.15) is 18.7 Å². The van der Waals surface area contributed by atoms with Crippen molar-refractivity contribution in [2.24, 2.45) is 10.7 Å². The first-order valence-electron chi connectivity index (χ1n) is 4.79. The molecule has 1 heterocycles. The van der Waals surface area contributed by atoms with E-state index in [1.165, 1.54) is 6.33 Å². The van der Waals surface area contributed by atoms with E-state index in [4.69, 9.17) is 5.73 Å². The average molecular weight is 336 g/mol. The van der Waals surface area contributed by atoms with Crippen LogP contribution in [-0.2, 0) is 13.1 Å². The topological polar surface area (TPSA) is 81.1 Å². The van der Waals surface area contributed by atoms with Crippen molar-refractivity contribution in [3.05, 3.63) is 24.8 Å². The van der Waals surface area contributed by atoms with Crippen LogP contribution in [0.2, 0.25) is 0 Å². The van der Waals surface area contributed by atoms with Crippen LogP contribution in [0.5, 0.6) is 0 Å². The fraction of sp³-hybridized carbons (Fsp3) is 0.444. The Balaban J connectivity index is 0.00000225. The fourth-order valence-electron chi connectivity index (χ4n) is 1.06. The predicted molar refractivity (Wildman–Crippen MR) is 74.6 cm³/mol. The lowest BCUT2D eigenvalue weighted by atomic mass is 10.5. The summed E-state index contributed by atoms with van der Waals surface area (Å²) in [5.41, 5.74) is 5.60. The molecule has 1 aromatic heterocycles. The summed E-state index contributed by atoms with van der Waals surface area (Å²) >= 11 is 0. The summed E-state index contributed by atoms with van der Waals surface area (Å²) in [6.07, 6.45) is 3.23. The third kappa shape index (κ3) is 4.60. The highest BCUT2D eigenvalue weighted by Gasteiger charge is 2.00. The highest BCUT2D eigenvalue weighted by molar-refractivity contribution is 14.0. The number of nitrogens with two attached hydrogens (primary N) is 1. The van der Waals surface area contributed by atoms with Gasteiger partial charge in [-0.05, 0) is 6.92 Å². The Kier molecular flexibility index (Phi) is 7.52. The maximum Gasteiger partial charge on any atom is 0.189 e. The van der Waals surface area contributed by atoms with E-state index in [1.807, 2.05) is 6.92 Å². The van der Waals surface area contributed by atoms with Gasteiger partial charge in [0.05, 0.1) is 0 Å². The second kappa shape index (κ2) is 8.08. The molecule has 0 aliphatic rings. The van der Waals surface area contributed by atoms with E-state index < -0.39 is 0 Å². The Labute approximate surface area is 112 Å². The van der Waals surface area contributed by atoms with Crippen molar-refractivity contribution in [3.63, 3.8) is 0 Å². The van der Waals surface area contributed by atoms with E-state index in [2.05, 4.69) is 27.0 Å². The molecule has 0 saturated carbocycles. The number of hydrogen-bond donors (Lipinski definition) is 2. The number of hydrogen-bond acceptors (Lipinski definition) is 3. The maximum atomic E-state index is 5.60. The number of halogens is 1. The van der Waals surface area contributed by atoms with Gasteiger partial charge < -0.3 is 11.1 Å². The lowest BCUT2D eigenvalue weighted by molar-refractivity contribution is 0.616. The van der Waals surface area contributed by atoms with E-state index in [1.54, 1.807) is 10.8 Å². The first kappa shape index (κ1) is 14.9. The molecule has 3 N–H and O–H groups in total. The molecule has 0 saturated heterocycles. The van der Waals surface area contributed by atoms with E-state index >= 15 is 0 Å². The quantitative estimate of drug-likeness (QED) is 0.355. The molecule has 0 atom stereocenters. The molecular weight excluding hydrogens is 319 g/mol. The zero-order chi connectivity index (χ0) is 11.1. The van der Waals surface area contributed by atoms with Gasteiger partial charge >= 0.3 is 0 Å². The van der Waals surface area contributed by atoms with Crippen molar-refractivity contribution in [2.45, 2.75) is 20.0 Å². The Bertz CT molecular complexity index is 346. The second-order valence-corrected chi connectivity index (χ2v) is 2.86. The first-order valence-corrected chi connectivity index (χ1v) is 4.79. The van der Waals surface area contributed by atoms with Gasteiger partial charge in [0.15, 0.2) is 5.96 Å². The van der Waals surface area contributed by atoms with Crippen LogP contribution in [0, 0.1) is 0 Å². The van der Waals surface area contributed by atoms with E-state index in [0.29, 0.717) is 19.0 Å². The van der Waals surface area contributed by atoms with Crippen LogP contribution < -0.4 is 11.1 Å². The number of aryl methyl sites for hydroxylation is 1. The summed E-state index contributed by atoms with van der Waals surface area (Å²) in [6.45, 7) is 7.40. The van der Waals surface area contributed by atoms with Gasteiger partial charge in [-0.15, -0.1) is 30.6 Å². The van der Waals surface area contributed by atoms with Crippen LogP contribution in [0.15, 0.2) is 24.0 Å². The zero-order valence-corrected chi connectivity index (χ0v) is 11.6. The number of aliphatic imine (C=N–C) groups is 1. The van der Waals surface area contributed by atoms with Crippen LogP contribution in [0.1, 0.15) is 12.7 Å². The van der Waals surface area contributed by atoms with Crippen molar-refractivity contribution < 1.29 is 0 Å². The minimum atomic E-state index is 0. The molecule has 0 bridgehead atoms. The molecule has 0 amide bonds. The van der Waals surface area contributed by atoms with Crippen molar-refractivity contribution in [1.29, 1.82) is 0 Å². The monoisotopic (exact) mass is 336 g/mol. The molecule has 90 valence electrons. The summed E-state index contributed by atoms with van der Waals surface area (Å²) in [6, 6.07) is 0. The molecule has 7 heteroatoms. The number of nitrogens with one attached hydrogen (secondary N) is 1. The highest BCUT2D eigenvalue weighted by Crippen LogP contribution is 1.95. The minimum Gasteiger partial charge on any atom is -0.370 e. The Morgan fingerprint density at radius 2 is 2.50 bits per heavy atom. The molecule has 0 unspecified atom stereocenters. The summed E-state index contributed by atoms with van der Waals surface area (Å²) in [5.74, 6) is 1.20. The van der Waals surface area contributed by atoms with Gasteiger partial charge in [0.25, 0.3) is 0 Å². The molecule has 0 aliphatic carbocycles. The number of aromatic nitrogens is 3. The van der Waals surface area contributed by atoms with E-state index in [9.17, 15) is 0 Å². The molecule has 6 nitrogen and oxygen atoms in total. The van der Waals surface area contributed by atoms with E-state index in [0.717, 1.165) is 12.4 Å². The van der Waals surface area contributed by atoms with Crippen LogP contribution in [0.4, 0.5) is 0 Å². The van der Waals surface area contributed by atoms with Crippen LogP contribution in [0.3, 0.4) is 0 Å². The molecule has 0 fully saturated rings. The Morgan fingerprint density at radius 3 is 3.12 bits per heavy atom. The standard InChI is InChI=1S/C9H16N6.HI/c1-3-5-11-9(10)12-6-8-13-7-14-15(8)4-2;/h3,7H,1,4-6H2,2H3,(H3,10,11,12);1H.